The molecule has 1 saturated carbocycles. The molecule has 1 saturated heterocycles. The van der Waals surface area contributed by atoms with E-state index in [0.717, 1.165) is 50.8 Å². The highest BCUT2D eigenvalue weighted by atomic mass is 16.5. The number of ketones is 1. The maximum atomic E-state index is 11.9. The van der Waals surface area contributed by atoms with Crippen molar-refractivity contribution < 1.29 is 14.3 Å². The number of nitrogens with one attached hydrogen (secondary N) is 1. The summed E-state index contributed by atoms with van der Waals surface area (Å²) in [6.45, 7) is 3.17. The van der Waals surface area contributed by atoms with Crippen molar-refractivity contribution in [1.29, 1.82) is 0 Å². The molecule has 2 fully saturated rings. The van der Waals surface area contributed by atoms with Gasteiger partial charge >= 0.3 is 0 Å². The Morgan fingerprint density at radius 2 is 1.96 bits per heavy atom. The van der Waals surface area contributed by atoms with Gasteiger partial charge in [-0.1, -0.05) is 0 Å². The van der Waals surface area contributed by atoms with Crippen LogP contribution in [-0.2, 0) is 4.79 Å². The number of hydrogen-bond acceptors (Lipinski definition) is 4. The third-order valence-corrected chi connectivity index (χ3v) is 4.79. The Hall–Kier alpha value is -1.88. The van der Waals surface area contributed by atoms with Crippen LogP contribution < -0.4 is 10.2 Å². The Bertz CT molecular complexity index is 581. The fourth-order valence-electron chi connectivity index (χ4n) is 3.16. The largest absolute Gasteiger partial charge is 0.494 e. The van der Waals surface area contributed by atoms with Gasteiger partial charge in [0, 0.05) is 24.1 Å². The number of Topliss-reactive ketones (excluding diaryl/α,β-unsaturated/α-hetero) is 1. The molecule has 1 N–H and O–H groups in total. The Morgan fingerprint density at radius 1 is 1.21 bits per heavy atom. The van der Waals surface area contributed by atoms with Crippen molar-refractivity contribution in [2.45, 2.75) is 51.5 Å². The van der Waals surface area contributed by atoms with Crippen molar-refractivity contribution in [3.63, 3.8) is 0 Å². The van der Waals surface area contributed by atoms with E-state index in [-0.39, 0.29) is 17.6 Å². The van der Waals surface area contributed by atoms with Gasteiger partial charge in [-0.05, 0) is 69.7 Å². The van der Waals surface area contributed by atoms with Gasteiger partial charge in [0.25, 0.3) is 0 Å². The van der Waals surface area contributed by atoms with Gasteiger partial charge in [-0.3, -0.25) is 15.0 Å². The number of amides is 1. The van der Waals surface area contributed by atoms with Crippen LogP contribution in [0.4, 0.5) is 0 Å². The number of hydrogen-bond donors (Lipinski definition) is 1. The highest BCUT2D eigenvalue weighted by molar-refractivity contribution is 5.94. The van der Waals surface area contributed by atoms with Crippen LogP contribution in [0, 0.1) is 5.92 Å². The Morgan fingerprint density at radius 3 is 2.62 bits per heavy atom. The van der Waals surface area contributed by atoms with E-state index in [1.165, 1.54) is 0 Å². The lowest BCUT2D eigenvalue weighted by Gasteiger charge is -2.25. The highest BCUT2D eigenvalue weighted by Gasteiger charge is 2.33. The second kappa shape index (κ2) is 7.79. The molecule has 1 aliphatic heterocycles. The third kappa shape index (κ3) is 4.57. The molecule has 1 atom stereocenters. The first kappa shape index (κ1) is 17.0. The van der Waals surface area contributed by atoms with Crippen molar-refractivity contribution in [2.75, 3.05) is 13.2 Å². The monoisotopic (exact) mass is 330 g/mol. The molecule has 0 radical (unpaired) electrons. The van der Waals surface area contributed by atoms with E-state index >= 15 is 0 Å². The molecule has 1 aliphatic carbocycles. The minimum atomic E-state index is 0.0659. The van der Waals surface area contributed by atoms with Crippen LogP contribution >= 0.6 is 0 Å². The molecule has 2 aliphatic rings. The maximum absolute atomic E-state index is 11.9. The Balaban J connectivity index is 1.37. The normalized spacial score (nSPS) is 20.8. The van der Waals surface area contributed by atoms with Gasteiger partial charge < -0.3 is 4.74 Å². The van der Waals surface area contributed by atoms with E-state index in [2.05, 4.69) is 10.4 Å². The van der Waals surface area contributed by atoms with Gasteiger partial charge in [0.1, 0.15) is 5.75 Å². The minimum Gasteiger partial charge on any atom is -0.494 e. The average molecular weight is 330 g/mol. The van der Waals surface area contributed by atoms with Gasteiger partial charge in [-0.15, -0.1) is 0 Å². The first-order chi connectivity index (χ1) is 11.6. The van der Waals surface area contributed by atoms with Crippen LogP contribution in [0.25, 0.3) is 0 Å². The predicted molar refractivity (Wildman–Crippen MR) is 91.8 cm³/mol. The second-order valence-corrected chi connectivity index (χ2v) is 6.81. The number of ether oxygens (including phenoxy) is 1. The summed E-state index contributed by atoms with van der Waals surface area (Å²) in [6.07, 6.45) is 6.34. The molecule has 0 bridgehead atoms. The summed E-state index contributed by atoms with van der Waals surface area (Å²) in [5.41, 5.74) is 3.79. The first-order valence-corrected chi connectivity index (χ1v) is 8.94. The fourth-order valence-corrected chi connectivity index (χ4v) is 3.16. The summed E-state index contributed by atoms with van der Waals surface area (Å²) in [7, 11) is 0. The minimum absolute atomic E-state index is 0.0659. The quantitative estimate of drug-likeness (QED) is 0.588. The summed E-state index contributed by atoms with van der Waals surface area (Å²) < 4.78 is 5.75. The molecule has 0 spiro atoms. The van der Waals surface area contributed by atoms with E-state index in [1.807, 2.05) is 12.1 Å². The van der Waals surface area contributed by atoms with Crippen LogP contribution in [-0.4, -0.2) is 35.9 Å². The van der Waals surface area contributed by atoms with Crippen molar-refractivity contribution in [1.82, 2.24) is 10.4 Å². The smallest absolute Gasteiger partial charge is 0.237 e. The van der Waals surface area contributed by atoms with Gasteiger partial charge in [0.15, 0.2) is 5.78 Å². The molecule has 1 aromatic carbocycles. The number of nitrogens with zero attached hydrogens (tertiary/aromatic N) is 1. The zero-order chi connectivity index (χ0) is 16.9. The van der Waals surface area contributed by atoms with Crippen molar-refractivity contribution >= 4 is 11.7 Å². The first-order valence-electron chi connectivity index (χ1n) is 8.94. The molecule has 1 aromatic rings. The maximum Gasteiger partial charge on any atom is 0.237 e. The highest BCUT2D eigenvalue weighted by Crippen LogP contribution is 2.29. The van der Waals surface area contributed by atoms with Gasteiger partial charge in [-0.2, -0.15) is 0 Å². The zero-order valence-electron chi connectivity index (χ0n) is 14.3. The lowest BCUT2D eigenvalue weighted by Crippen LogP contribution is -2.45. The standard InChI is InChI=1S/C19H26N2O3/c1-14(22)15-8-10-18(11-9-15)24-13-3-5-17-4-2-12-21(17)20-19(23)16-6-7-16/h8-11,16-17H,2-7,12-13H2,1H3,(H,20,23)/t17-/m1/s1. The SMILES string of the molecule is CC(=O)c1ccc(OCCC[C@H]2CCCN2NC(=O)C2CC2)cc1. The van der Waals surface area contributed by atoms with E-state index in [4.69, 9.17) is 4.74 Å². The number of hydrazine groups is 1. The van der Waals surface area contributed by atoms with E-state index < -0.39 is 0 Å². The Kier molecular flexibility index (Phi) is 5.51. The molecule has 0 unspecified atom stereocenters. The van der Waals surface area contributed by atoms with Crippen LogP contribution in [0.15, 0.2) is 24.3 Å². The van der Waals surface area contributed by atoms with Gasteiger partial charge in [0.05, 0.1) is 6.61 Å². The van der Waals surface area contributed by atoms with Crippen LogP contribution in [0.2, 0.25) is 0 Å². The van der Waals surface area contributed by atoms with Crippen LogP contribution in [0.5, 0.6) is 5.75 Å². The molecule has 24 heavy (non-hydrogen) atoms. The van der Waals surface area contributed by atoms with E-state index in [9.17, 15) is 9.59 Å². The van der Waals surface area contributed by atoms with Crippen LogP contribution in [0.3, 0.4) is 0 Å². The molecule has 5 heteroatoms. The number of carbonyl (C=O) groups is 2. The molecule has 1 amide bonds. The predicted octanol–water partition coefficient (Wildman–Crippen LogP) is 2.95. The molecule has 0 aromatic heterocycles. The molecule has 1 heterocycles. The summed E-state index contributed by atoms with van der Waals surface area (Å²) in [5, 5.41) is 2.13. The van der Waals surface area contributed by atoms with Gasteiger partial charge in [0.2, 0.25) is 5.91 Å². The molecular weight excluding hydrogens is 304 g/mol. The number of carbonyl (C=O) groups excluding carboxylic acids is 2. The third-order valence-electron chi connectivity index (χ3n) is 4.79. The molecule has 3 rings (SSSR count). The number of benzene rings is 1. The van der Waals surface area contributed by atoms with Crippen molar-refractivity contribution in [2.24, 2.45) is 5.92 Å². The zero-order valence-corrected chi connectivity index (χ0v) is 14.3. The second-order valence-electron chi connectivity index (χ2n) is 6.81. The van der Waals surface area contributed by atoms with E-state index in [1.54, 1.807) is 19.1 Å². The van der Waals surface area contributed by atoms with Crippen LogP contribution in [0.1, 0.15) is 55.8 Å². The number of rotatable bonds is 8. The van der Waals surface area contributed by atoms with Crippen molar-refractivity contribution in [3.05, 3.63) is 29.8 Å². The van der Waals surface area contributed by atoms with Crippen molar-refractivity contribution in [3.8, 4) is 5.75 Å². The van der Waals surface area contributed by atoms with Gasteiger partial charge in [-0.25, -0.2) is 5.01 Å². The average Bonchev–Trinajstić information content (AvgIpc) is 3.34. The summed E-state index contributed by atoms with van der Waals surface area (Å²) in [5.74, 6) is 1.32. The lowest BCUT2D eigenvalue weighted by atomic mass is 10.1. The molecule has 5 nitrogen and oxygen atoms in total. The molecular formula is C19H26N2O3. The summed E-state index contributed by atoms with van der Waals surface area (Å²) in [6, 6.07) is 7.70. The summed E-state index contributed by atoms with van der Waals surface area (Å²) >= 11 is 0. The summed E-state index contributed by atoms with van der Waals surface area (Å²) in [4.78, 5) is 23.1. The lowest BCUT2D eigenvalue weighted by molar-refractivity contribution is -0.127. The Labute approximate surface area is 143 Å². The topological polar surface area (TPSA) is 58.6 Å². The van der Waals surface area contributed by atoms with E-state index in [0.29, 0.717) is 18.2 Å². The molecule has 130 valence electrons. The fraction of sp³-hybridized carbons (Fsp3) is 0.579.